The minimum atomic E-state index is -4.18. The summed E-state index contributed by atoms with van der Waals surface area (Å²) in [6.07, 6.45) is 1.92. The Hall–Kier alpha value is -2.71. The Labute approximate surface area is 226 Å². The van der Waals surface area contributed by atoms with Crippen LogP contribution in [0.15, 0.2) is 29.2 Å². The number of anilines is 1. The molecular weight excluding hydrogens is 498 g/mol. The van der Waals surface area contributed by atoms with E-state index in [9.17, 15) is 8.42 Å². The predicted molar refractivity (Wildman–Crippen MR) is 151 cm³/mol. The highest BCUT2D eigenvalue weighted by molar-refractivity contribution is 7.87. The number of nitrogens with zero attached hydrogens (tertiary/aromatic N) is 3. The Morgan fingerprint density at radius 2 is 1.66 bits per heavy atom. The molecule has 0 amide bonds. The van der Waals surface area contributed by atoms with E-state index in [1.807, 2.05) is 45.9 Å². The van der Waals surface area contributed by atoms with E-state index in [2.05, 4.69) is 34.8 Å². The average molecular weight is 538 g/mol. The summed E-state index contributed by atoms with van der Waals surface area (Å²) in [5, 5.41) is 0.611. The van der Waals surface area contributed by atoms with Gasteiger partial charge in [0.2, 0.25) is 5.88 Å². The molecule has 7 nitrogen and oxygen atoms in total. The Kier molecular flexibility index (Phi) is 7.16. The van der Waals surface area contributed by atoms with Crippen LogP contribution in [0.5, 0.6) is 5.88 Å². The van der Waals surface area contributed by atoms with Crippen molar-refractivity contribution in [3.05, 3.63) is 52.3 Å². The van der Waals surface area contributed by atoms with Crippen molar-refractivity contribution in [3.8, 4) is 5.88 Å². The van der Waals surface area contributed by atoms with Gasteiger partial charge in [0.25, 0.3) is 0 Å². The maximum absolute atomic E-state index is 14.1. The van der Waals surface area contributed by atoms with Gasteiger partial charge in [0.1, 0.15) is 10.7 Å². The Bertz CT molecular complexity index is 1450. The van der Waals surface area contributed by atoms with E-state index in [1.165, 1.54) is 5.56 Å². The van der Waals surface area contributed by atoms with Crippen molar-refractivity contribution in [2.45, 2.75) is 90.0 Å². The maximum Gasteiger partial charge on any atom is 0.341 e. The SMILES string of the molecule is Cc1nc(OS(=O)(=O)c2c(C(C)C)cc(C(C)C)cc2C(C)C)c2cc3c(cc2n1)CCN3C1CCOC1. The van der Waals surface area contributed by atoms with Crippen molar-refractivity contribution < 1.29 is 17.3 Å². The molecule has 0 N–H and O–H groups in total. The fourth-order valence-electron chi connectivity index (χ4n) is 5.65. The molecule has 1 aromatic heterocycles. The number of hydrogen-bond donors (Lipinski definition) is 0. The first-order valence-corrected chi connectivity index (χ1v) is 15.1. The Morgan fingerprint density at radius 1 is 0.974 bits per heavy atom. The summed E-state index contributed by atoms with van der Waals surface area (Å²) < 4.78 is 39.8. The van der Waals surface area contributed by atoms with E-state index in [0.29, 0.717) is 29.4 Å². The molecule has 8 heteroatoms. The third-order valence-electron chi connectivity index (χ3n) is 7.77. The van der Waals surface area contributed by atoms with Gasteiger partial charge in [-0.25, -0.2) is 4.98 Å². The summed E-state index contributed by atoms with van der Waals surface area (Å²) in [4.78, 5) is 11.8. The molecular formula is C30H39N3O4S. The van der Waals surface area contributed by atoms with Crippen LogP contribution in [-0.2, 0) is 21.3 Å². The van der Waals surface area contributed by atoms with Crippen molar-refractivity contribution in [2.75, 3.05) is 24.7 Å². The van der Waals surface area contributed by atoms with E-state index >= 15 is 0 Å². The van der Waals surface area contributed by atoms with E-state index in [4.69, 9.17) is 8.92 Å². The lowest BCUT2D eigenvalue weighted by Crippen LogP contribution is -2.34. The number of aryl methyl sites for hydroxylation is 1. The van der Waals surface area contributed by atoms with Crippen molar-refractivity contribution in [1.82, 2.24) is 9.97 Å². The van der Waals surface area contributed by atoms with Crippen LogP contribution in [-0.4, -0.2) is 44.2 Å². The predicted octanol–water partition coefficient (Wildman–Crippen LogP) is 6.23. The summed E-state index contributed by atoms with van der Waals surface area (Å²) in [6, 6.07) is 8.44. The van der Waals surface area contributed by atoms with Gasteiger partial charge in [-0.05, 0) is 71.9 Å². The molecule has 2 aliphatic heterocycles. The molecule has 0 radical (unpaired) electrons. The molecule has 1 atom stereocenters. The fourth-order valence-corrected chi connectivity index (χ4v) is 7.24. The zero-order valence-electron chi connectivity index (χ0n) is 23.5. The van der Waals surface area contributed by atoms with Gasteiger partial charge in [0.05, 0.1) is 23.6 Å². The van der Waals surface area contributed by atoms with E-state index < -0.39 is 10.1 Å². The average Bonchev–Trinajstić information content (AvgIpc) is 3.51. The summed E-state index contributed by atoms with van der Waals surface area (Å²) in [5.74, 6) is 0.862. The molecule has 2 aromatic carbocycles. The molecule has 38 heavy (non-hydrogen) atoms. The topological polar surface area (TPSA) is 81.6 Å². The summed E-state index contributed by atoms with van der Waals surface area (Å²) in [6.45, 7) is 16.5. The molecule has 2 aliphatic rings. The zero-order valence-corrected chi connectivity index (χ0v) is 24.4. The zero-order chi connectivity index (χ0) is 27.4. The summed E-state index contributed by atoms with van der Waals surface area (Å²) in [5.41, 5.74) is 5.70. The Balaban J connectivity index is 1.64. The second-order valence-electron chi connectivity index (χ2n) is 11.6. The first-order valence-electron chi connectivity index (χ1n) is 13.7. The molecule has 0 aliphatic carbocycles. The van der Waals surface area contributed by atoms with Crippen LogP contribution in [0.4, 0.5) is 5.69 Å². The maximum atomic E-state index is 14.1. The lowest BCUT2D eigenvalue weighted by atomic mass is 9.89. The van der Waals surface area contributed by atoms with Gasteiger partial charge >= 0.3 is 10.1 Å². The number of aromatic nitrogens is 2. The highest BCUT2D eigenvalue weighted by Crippen LogP contribution is 2.40. The summed E-state index contributed by atoms with van der Waals surface area (Å²) in [7, 11) is -4.18. The summed E-state index contributed by atoms with van der Waals surface area (Å²) >= 11 is 0. The molecule has 5 rings (SSSR count). The monoisotopic (exact) mass is 537 g/mol. The van der Waals surface area contributed by atoms with Gasteiger partial charge < -0.3 is 13.8 Å². The molecule has 0 saturated carbocycles. The minimum Gasteiger partial charge on any atom is -0.379 e. The second-order valence-corrected chi connectivity index (χ2v) is 13.0. The van der Waals surface area contributed by atoms with Gasteiger partial charge in [-0.2, -0.15) is 13.4 Å². The molecule has 3 heterocycles. The minimum absolute atomic E-state index is 0.00825. The fraction of sp³-hybridized carbons (Fsp3) is 0.533. The molecule has 204 valence electrons. The molecule has 3 aromatic rings. The van der Waals surface area contributed by atoms with Crippen LogP contribution in [0.25, 0.3) is 10.9 Å². The molecule has 0 spiro atoms. The van der Waals surface area contributed by atoms with E-state index in [-0.39, 0.29) is 28.5 Å². The molecule has 0 bridgehead atoms. The van der Waals surface area contributed by atoms with Gasteiger partial charge in [-0.3, -0.25) is 0 Å². The van der Waals surface area contributed by atoms with Crippen LogP contribution < -0.4 is 9.08 Å². The standard InChI is InChI=1S/C30H39N3O4S/c1-17(2)22-12-24(18(3)4)29(25(13-22)19(5)6)38(34,35)37-30-26-15-28-21(14-27(26)31-20(7)32-30)8-10-33(28)23-9-11-36-16-23/h12-15,17-19,23H,8-11,16H2,1-7H3. The smallest absolute Gasteiger partial charge is 0.341 e. The molecule has 1 fully saturated rings. The Morgan fingerprint density at radius 3 is 2.24 bits per heavy atom. The third-order valence-corrected chi connectivity index (χ3v) is 9.12. The number of fused-ring (bicyclic) bond motifs is 2. The number of ether oxygens (including phenoxy) is 1. The van der Waals surface area contributed by atoms with Gasteiger partial charge in [-0.15, -0.1) is 0 Å². The first-order chi connectivity index (χ1) is 18.0. The van der Waals surface area contributed by atoms with Crippen LogP contribution in [0.2, 0.25) is 0 Å². The highest BCUT2D eigenvalue weighted by Gasteiger charge is 2.32. The lowest BCUT2D eigenvalue weighted by molar-refractivity contribution is 0.193. The molecule has 1 saturated heterocycles. The van der Waals surface area contributed by atoms with Crippen molar-refractivity contribution in [3.63, 3.8) is 0 Å². The van der Waals surface area contributed by atoms with Crippen LogP contribution >= 0.6 is 0 Å². The van der Waals surface area contributed by atoms with Gasteiger partial charge in [0.15, 0.2) is 0 Å². The largest absolute Gasteiger partial charge is 0.379 e. The van der Waals surface area contributed by atoms with Crippen LogP contribution in [0.1, 0.15) is 93.8 Å². The van der Waals surface area contributed by atoms with Crippen LogP contribution in [0.3, 0.4) is 0 Å². The van der Waals surface area contributed by atoms with Crippen molar-refractivity contribution in [2.24, 2.45) is 0 Å². The lowest BCUT2D eigenvalue weighted by Gasteiger charge is -2.26. The van der Waals surface area contributed by atoms with E-state index in [0.717, 1.165) is 48.4 Å². The number of rotatable bonds is 7. The quantitative estimate of drug-likeness (QED) is 0.331. The van der Waals surface area contributed by atoms with Gasteiger partial charge in [-0.1, -0.05) is 53.7 Å². The third kappa shape index (κ3) is 4.89. The number of hydrogen-bond acceptors (Lipinski definition) is 7. The van der Waals surface area contributed by atoms with Gasteiger partial charge in [0, 0.05) is 18.8 Å². The van der Waals surface area contributed by atoms with Crippen molar-refractivity contribution in [1.29, 1.82) is 0 Å². The first kappa shape index (κ1) is 26.9. The second kappa shape index (κ2) is 10.1. The van der Waals surface area contributed by atoms with Crippen molar-refractivity contribution >= 4 is 26.7 Å². The highest BCUT2D eigenvalue weighted by atomic mass is 32.2. The number of benzene rings is 2. The normalized spacial score (nSPS) is 17.8. The van der Waals surface area contributed by atoms with Crippen LogP contribution in [0, 0.1) is 6.92 Å². The van der Waals surface area contributed by atoms with E-state index in [1.54, 1.807) is 6.92 Å². The molecule has 1 unspecified atom stereocenters.